The number of thiazole rings is 1. The van der Waals surface area contributed by atoms with Crippen molar-refractivity contribution in [3.8, 4) is 9.88 Å². The van der Waals surface area contributed by atoms with Crippen molar-refractivity contribution in [3.05, 3.63) is 56.8 Å². The van der Waals surface area contributed by atoms with E-state index >= 15 is 0 Å². The van der Waals surface area contributed by atoms with Crippen LogP contribution in [0.25, 0.3) is 9.88 Å². The Kier molecular flexibility index (Phi) is 4.63. The number of carbonyl (C=O) groups is 1. The first kappa shape index (κ1) is 15.6. The van der Waals surface area contributed by atoms with Crippen molar-refractivity contribution in [1.82, 2.24) is 20.1 Å². The standard InChI is InChI=1S/C15H14N4O2S2/c1-10-12(23-15(18-10)11-4-3-7-22-11)8-16-13(20)9-19-14(21)5-2-6-17-19/h2-7H,8-9H2,1H3,(H,16,20). The summed E-state index contributed by atoms with van der Waals surface area (Å²) < 4.78 is 1.13. The highest BCUT2D eigenvalue weighted by Gasteiger charge is 2.11. The van der Waals surface area contributed by atoms with Crippen LogP contribution in [0.1, 0.15) is 10.6 Å². The van der Waals surface area contributed by atoms with Gasteiger partial charge in [-0.1, -0.05) is 6.07 Å². The summed E-state index contributed by atoms with van der Waals surface area (Å²) in [6.45, 7) is 2.24. The third-order valence-corrected chi connectivity index (χ3v) is 5.35. The first-order valence-electron chi connectivity index (χ1n) is 6.92. The molecule has 1 amide bonds. The highest BCUT2D eigenvalue weighted by atomic mass is 32.1. The van der Waals surface area contributed by atoms with Gasteiger partial charge >= 0.3 is 0 Å². The van der Waals surface area contributed by atoms with Crippen LogP contribution in [-0.2, 0) is 17.9 Å². The van der Waals surface area contributed by atoms with E-state index in [9.17, 15) is 9.59 Å². The Labute approximate surface area is 140 Å². The maximum atomic E-state index is 12.0. The van der Waals surface area contributed by atoms with E-state index in [2.05, 4.69) is 15.4 Å². The Morgan fingerprint density at radius 3 is 2.96 bits per heavy atom. The molecule has 3 aromatic rings. The van der Waals surface area contributed by atoms with Crippen molar-refractivity contribution in [3.63, 3.8) is 0 Å². The van der Waals surface area contributed by atoms with Gasteiger partial charge < -0.3 is 5.32 Å². The van der Waals surface area contributed by atoms with Gasteiger partial charge in [0, 0.05) is 17.1 Å². The number of nitrogens with one attached hydrogen (secondary N) is 1. The summed E-state index contributed by atoms with van der Waals surface area (Å²) >= 11 is 3.21. The number of hydrogen-bond donors (Lipinski definition) is 1. The molecule has 0 saturated heterocycles. The number of thiophene rings is 1. The lowest BCUT2D eigenvalue weighted by atomic mass is 10.4. The predicted molar refractivity (Wildman–Crippen MR) is 90.5 cm³/mol. The van der Waals surface area contributed by atoms with Crippen LogP contribution in [0.3, 0.4) is 0 Å². The van der Waals surface area contributed by atoms with E-state index in [4.69, 9.17) is 0 Å². The van der Waals surface area contributed by atoms with Crippen LogP contribution in [0.2, 0.25) is 0 Å². The van der Waals surface area contributed by atoms with Crippen LogP contribution in [0.5, 0.6) is 0 Å². The number of rotatable bonds is 5. The molecular formula is C15H14N4O2S2. The van der Waals surface area contributed by atoms with Crippen LogP contribution in [0.4, 0.5) is 0 Å². The van der Waals surface area contributed by atoms with Crippen molar-refractivity contribution in [2.24, 2.45) is 0 Å². The molecule has 0 aliphatic rings. The van der Waals surface area contributed by atoms with Gasteiger partial charge in [-0.15, -0.1) is 22.7 Å². The molecule has 0 aliphatic carbocycles. The fraction of sp³-hybridized carbons (Fsp3) is 0.200. The summed E-state index contributed by atoms with van der Waals surface area (Å²) in [5.41, 5.74) is 0.616. The van der Waals surface area contributed by atoms with Gasteiger partial charge in [0.1, 0.15) is 11.6 Å². The molecule has 0 atom stereocenters. The molecule has 0 saturated carbocycles. The quantitative estimate of drug-likeness (QED) is 0.767. The third kappa shape index (κ3) is 3.72. The minimum absolute atomic E-state index is 0.0880. The summed E-state index contributed by atoms with van der Waals surface area (Å²) in [6.07, 6.45) is 1.48. The zero-order chi connectivity index (χ0) is 16.2. The molecule has 0 aromatic carbocycles. The van der Waals surface area contributed by atoms with E-state index < -0.39 is 0 Å². The summed E-state index contributed by atoms with van der Waals surface area (Å²) in [4.78, 5) is 30.2. The van der Waals surface area contributed by atoms with Gasteiger partial charge in [-0.3, -0.25) is 9.59 Å². The van der Waals surface area contributed by atoms with Crippen LogP contribution >= 0.6 is 22.7 Å². The molecule has 0 radical (unpaired) electrons. The average molecular weight is 346 g/mol. The minimum atomic E-state index is -0.295. The molecule has 118 valence electrons. The smallest absolute Gasteiger partial charge is 0.267 e. The van der Waals surface area contributed by atoms with Gasteiger partial charge in [0.25, 0.3) is 5.56 Å². The molecule has 0 spiro atoms. The molecule has 0 aliphatic heterocycles. The fourth-order valence-corrected chi connectivity index (χ4v) is 3.77. The number of aromatic nitrogens is 3. The molecule has 0 unspecified atom stereocenters. The van der Waals surface area contributed by atoms with Crippen molar-refractivity contribution in [2.45, 2.75) is 20.0 Å². The zero-order valence-corrected chi connectivity index (χ0v) is 14.0. The second kappa shape index (κ2) is 6.84. The molecule has 8 heteroatoms. The van der Waals surface area contributed by atoms with Gasteiger partial charge in [-0.25, -0.2) is 9.67 Å². The molecular weight excluding hydrogens is 332 g/mol. The lowest BCUT2D eigenvalue weighted by Gasteiger charge is -2.05. The largest absolute Gasteiger partial charge is 0.350 e. The molecule has 1 N–H and O–H groups in total. The zero-order valence-electron chi connectivity index (χ0n) is 12.4. The Morgan fingerprint density at radius 2 is 2.22 bits per heavy atom. The normalized spacial score (nSPS) is 10.7. The summed E-state index contributed by atoms with van der Waals surface area (Å²) in [7, 11) is 0. The summed E-state index contributed by atoms with van der Waals surface area (Å²) in [6, 6.07) is 6.94. The Morgan fingerprint density at radius 1 is 1.35 bits per heavy atom. The molecule has 3 rings (SSSR count). The Balaban J connectivity index is 1.63. The monoisotopic (exact) mass is 346 g/mol. The maximum Gasteiger partial charge on any atom is 0.267 e. The number of amides is 1. The van der Waals surface area contributed by atoms with Crippen LogP contribution in [0.15, 0.2) is 40.6 Å². The Hall–Kier alpha value is -2.32. The third-order valence-electron chi connectivity index (χ3n) is 3.15. The second-order valence-corrected chi connectivity index (χ2v) is 6.83. The highest BCUT2D eigenvalue weighted by molar-refractivity contribution is 7.21. The van der Waals surface area contributed by atoms with Gasteiger partial charge in [0.2, 0.25) is 5.91 Å². The number of nitrogens with zero attached hydrogens (tertiary/aromatic N) is 3. The SMILES string of the molecule is Cc1nc(-c2cccs2)sc1CNC(=O)Cn1ncccc1=O. The van der Waals surface area contributed by atoms with Gasteiger partial charge in [-0.2, -0.15) is 5.10 Å². The van der Waals surface area contributed by atoms with Gasteiger partial charge in [0.15, 0.2) is 0 Å². The molecule has 3 heterocycles. The fourth-order valence-electron chi connectivity index (χ4n) is 1.97. The van der Waals surface area contributed by atoms with E-state index in [1.807, 2.05) is 24.4 Å². The molecule has 0 bridgehead atoms. The Bertz CT molecular complexity index is 868. The maximum absolute atomic E-state index is 12.0. The van der Waals surface area contributed by atoms with Crippen LogP contribution in [-0.4, -0.2) is 20.7 Å². The predicted octanol–water partition coefficient (Wildman–Crippen LogP) is 2.05. The minimum Gasteiger partial charge on any atom is -0.350 e. The van der Waals surface area contributed by atoms with Crippen molar-refractivity contribution in [2.75, 3.05) is 0 Å². The number of hydrogen-bond acceptors (Lipinski definition) is 6. The average Bonchev–Trinajstić information content (AvgIpc) is 3.17. The van der Waals surface area contributed by atoms with Gasteiger partial charge in [-0.05, 0) is 24.4 Å². The summed E-state index contributed by atoms with van der Waals surface area (Å²) in [5.74, 6) is -0.253. The van der Waals surface area contributed by atoms with E-state index in [0.29, 0.717) is 6.54 Å². The van der Waals surface area contributed by atoms with E-state index in [0.717, 1.165) is 25.1 Å². The second-order valence-electron chi connectivity index (χ2n) is 4.80. The van der Waals surface area contributed by atoms with Gasteiger partial charge in [0.05, 0.1) is 17.1 Å². The topological polar surface area (TPSA) is 76.9 Å². The lowest BCUT2D eigenvalue weighted by Crippen LogP contribution is -2.32. The molecule has 3 aromatic heterocycles. The van der Waals surface area contributed by atoms with E-state index in [1.165, 1.54) is 12.3 Å². The van der Waals surface area contributed by atoms with Crippen LogP contribution in [0, 0.1) is 6.92 Å². The molecule has 0 fully saturated rings. The summed E-state index contributed by atoms with van der Waals surface area (Å²) in [5, 5.41) is 9.65. The highest BCUT2D eigenvalue weighted by Crippen LogP contribution is 2.30. The number of carbonyl (C=O) groups excluding carboxylic acids is 1. The molecule has 23 heavy (non-hydrogen) atoms. The van der Waals surface area contributed by atoms with Crippen molar-refractivity contribution >= 4 is 28.6 Å². The van der Waals surface area contributed by atoms with Crippen LogP contribution < -0.4 is 10.9 Å². The van der Waals surface area contributed by atoms with Crippen molar-refractivity contribution < 1.29 is 4.79 Å². The number of aryl methyl sites for hydroxylation is 1. The first-order chi connectivity index (χ1) is 11.1. The van der Waals surface area contributed by atoms with E-state index in [1.54, 1.807) is 28.7 Å². The molecule has 6 nitrogen and oxygen atoms in total. The van der Waals surface area contributed by atoms with E-state index in [-0.39, 0.29) is 18.0 Å². The lowest BCUT2D eigenvalue weighted by molar-refractivity contribution is -0.122. The van der Waals surface area contributed by atoms with Crippen molar-refractivity contribution in [1.29, 1.82) is 0 Å². The first-order valence-corrected chi connectivity index (χ1v) is 8.62.